The summed E-state index contributed by atoms with van der Waals surface area (Å²) in [6.45, 7) is 3.87. The molecule has 2 fully saturated rings. The molecule has 8 nitrogen and oxygen atoms in total. The van der Waals surface area contributed by atoms with E-state index in [1.165, 1.54) is 0 Å². The lowest BCUT2D eigenvalue weighted by molar-refractivity contribution is -0.117. The second-order valence-corrected chi connectivity index (χ2v) is 8.26. The van der Waals surface area contributed by atoms with Crippen LogP contribution in [-0.4, -0.2) is 46.4 Å². The van der Waals surface area contributed by atoms with Gasteiger partial charge in [0.25, 0.3) is 5.79 Å². The van der Waals surface area contributed by atoms with Crippen molar-refractivity contribution in [2.45, 2.75) is 57.2 Å². The zero-order chi connectivity index (χ0) is 19.8. The van der Waals surface area contributed by atoms with Crippen LogP contribution in [0.5, 0.6) is 11.5 Å². The Hall–Kier alpha value is -2.61. The molecule has 0 bridgehead atoms. The Kier molecular flexibility index (Phi) is 4.66. The van der Waals surface area contributed by atoms with Crippen molar-refractivity contribution in [1.82, 2.24) is 15.0 Å². The smallest absolute Gasteiger partial charge is 0.251 e. The SMILES string of the molecule is Cc1noc(C2CCN(CC(=O)Nc3ccc4c(c3)OC3(CCCC3)O4)CC2)n1. The highest BCUT2D eigenvalue weighted by Crippen LogP contribution is 2.47. The van der Waals surface area contributed by atoms with Gasteiger partial charge in [-0.05, 0) is 57.8 Å². The molecule has 0 radical (unpaired) electrons. The van der Waals surface area contributed by atoms with Gasteiger partial charge in [-0.25, -0.2) is 0 Å². The third-order valence-electron chi connectivity index (χ3n) is 6.03. The van der Waals surface area contributed by atoms with Gasteiger partial charge >= 0.3 is 0 Å². The average Bonchev–Trinajstić information content (AvgIpc) is 3.42. The number of nitrogens with one attached hydrogen (secondary N) is 1. The Morgan fingerprint density at radius 2 is 1.97 bits per heavy atom. The molecule has 1 saturated heterocycles. The highest BCUT2D eigenvalue weighted by Gasteiger charge is 2.44. The number of anilines is 1. The molecular formula is C21H26N4O4. The second-order valence-electron chi connectivity index (χ2n) is 8.26. The molecule has 1 aromatic carbocycles. The third-order valence-corrected chi connectivity index (χ3v) is 6.03. The van der Waals surface area contributed by atoms with Crippen molar-refractivity contribution in [1.29, 1.82) is 0 Å². The number of amides is 1. The van der Waals surface area contributed by atoms with Crippen molar-refractivity contribution >= 4 is 11.6 Å². The van der Waals surface area contributed by atoms with Crippen LogP contribution in [-0.2, 0) is 4.79 Å². The van der Waals surface area contributed by atoms with Crippen molar-refractivity contribution in [2.24, 2.45) is 0 Å². The number of aryl methyl sites for hydroxylation is 1. The molecular weight excluding hydrogens is 372 g/mol. The molecule has 29 heavy (non-hydrogen) atoms. The minimum atomic E-state index is -0.480. The van der Waals surface area contributed by atoms with E-state index in [2.05, 4.69) is 20.4 Å². The zero-order valence-electron chi connectivity index (χ0n) is 16.6. The van der Waals surface area contributed by atoms with Gasteiger partial charge in [-0.2, -0.15) is 4.98 Å². The van der Waals surface area contributed by atoms with Crippen molar-refractivity contribution in [3.63, 3.8) is 0 Å². The predicted octanol–water partition coefficient (Wildman–Crippen LogP) is 3.24. The van der Waals surface area contributed by atoms with Crippen LogP contribution in [0, 0.1) is 6.92 Å². The van der Waals surface area contributed by atoms with E-state index < -0.39 is 5.79 Å². The summed E-state index contributed by atoms with van der Waals surface area (Å²) in [4.78, 5) is 19.0. The molecule has 1 N–H and O–H groups in total. The first-order chi connectivity index (χ1) is 14.1. The summed E-state index contributed by atoms with van der Waals surface area (Å²) in [5.74, 6) is 2.66. The Bertz CT molecular complexity index is 898. The summed E-state index contributed by atoms with van der Waals surface area (Å²) in [5, 5.41) is 6.86. The fourth-order valence-electron chi connectivity index (χ4n) is 4.51. The van der Waals surface area contributed by atoms with E-state index in [9.17, 15) is 4.79 Å². The first-order valence-electron chi connectivity index (χ1n) is 10.4. The van der Waals surface area contributed by atoms with E-state index in [0.717, 1.165) is 68.8 Å². The normalized spacial score (nSPS) is 21.0. The van der Waals surface area contributed by atoms with Crippen LogP contribution in [0.2, 0.25) is 0 Å². The van der Waals surface area contributed by atoms with Crippen LogP contribution in [0.15, 0.2) is 22.7 Å². The van der Waals surface area contributed by atoms with Crippen molar-refractivity contribution in [2.75, 3.05) is 25.0 Å². The lowest BCUT2D eigenvalue weighted by atomic mass is 9.97. The van der Waals surface area contributed by atoms with Crippen LogP contribution in [0.1, 0.15) is 56.2 Å². The maximum atomic E-state index is 12.5. The number of fused-ring (bicyclic) bond motifs is 1. The first-order valence-corrected chi connectivity index (χ1v) is 10.4. The van der Waals surface area contributed by atoms with Crippen LogP contribution >= 0.6 is 0 Å². The van der Waals surface area contributed by atoms with E-state index in [1.807, 2.05) is 25.1 Å². The molecule has 0 atom stereocenters. The minimum Gasteiger partial charge on any atom is -0.448 e. The molecule has 1 amide bonds. The number of hydrogen-bond acceptors (Lipinski definition) is 7. The van der Waals surface area contributed by atoms with Crippen LogP contribution in [0.25, 0.3) is 0 Å². The molecule has 2 aliphatic heterocycles. The largest absolute Gasteiger partial charge is 0.448 e. The van der Waals surface area contributed by atoms with Gasteiger partial charge in [0, 0.05) is 30.5 Å². The average molecular weight is 398 g/mol. The third kappa shape index (κ3) is 3.81. The lowest BCUT2D eigenvalue weighted by Crippen LogP contribution is -2.38. The van der Waals surface area contributed by atoms with Crippen molar-refractivity contribution < 1.29 is 18.8 Å². The van der Waals surface area contributed by atoms with Gasteiger partial charge < -0.3 is 19.3 Å². The van der Waals surface area contributed by atoms with E-state index in [4.69, 9.17) is 14.0 Å². The van der Waals surface area contributed by atoms with E-state index in [1.54, 1.807) is 0 Å². The summed E-state index contributed by atoms with van der Waals surface area (Å²) in [7, 11) is 0. The van der Waals surface area contributed by atoms with Gasteiger partial charge in [0.05, 0.1) is 6.54 Å². The summed E-state index contributed by atoms with van der Waals surface area (Å²) in [6, 6.07) is 5.62. The van der Waals surface area contributed by atoms with Gasteiger partial charge in [0.1, 0.15) is 0 Å². The van der Waals surface area contributed by atoms with Gasteiger partial charge in [-0.3, -0.25) is 9.69 Å². The molecule has 1 saturated carbocycles. The molecule has 0 unspecified atom stereocenters. The van der Waals surface area contributed by atoms with Crippen LogP contribution in [0.4, 0.5) is 5.69 Å². The molecule has 2 aromatic rings. The fourth-order valence-corrected chi connectivity index (χ4v) is 4.51. The lowest BCUT2D eigenvalue weighted by Gasteiger charge is -2.29. The highest BCUT2D eigenvalue weighted by molar-refractivity contribution is 5.92. The van der Waals surface area contributed by atoms with E-state index in [0.29, 0.717) is 18.3 Å². The number of piperidine rings is 1. The van der Waals surface area contributed by atoms with Gasteiger partial charge in [0.2, 0.25) is 11.8 Å². The first kappa shape index (κ1) is 18.4. The van der Waals surface area contributed by atoms with Gasteiger partial charge in [0.15, 0.2) is 17.3 Å². The number of hydrogen-bond donors (Lipinski definition) is 1. The van der Waals surface area contributed by atoms with E-state index >= 15 is 0 Å². The molecule has 154 valence electrons. The number of carbonyl (C=O) groups excluding carboxylic acids is 1. The molecule has 3 heterocycles. The number of nitrogens with zero attached hydrogens (tertiary/aromatic N) is 3. The van der Waals surface area contributed by atoms with Crippen LogP contribution in [0.3, 0.4) is 0 Å². The Morgan fingerprint density at radius 3 is 2.69 bits per heavy atom. The molecule has 3 aliphatic rings. The summed E-state index contributed by atoms with van der Waals surface area (Å²) < 4.78 is 17.4. The molecule has 5 rings (SSSR count). The molecule has 8 heteroatoms. The monoisotopic (exact) mass is 398 g/mol. The van der Waals surface area contributed by atoms with Gasteiger partial charge in [-0.15, -0.1) is 0 Å². The van der Waals surface area contributed by atoms with Crippen molar-refractivity contribution in [3.8, 4) is 11.5 Å². The Morgan fingerprint density at radius 1 is 1.21 bits per heavy atom. The number of aromatic nitrogens is 2. The Labute approximate surface area is 169 Å². The summed E-state index contributed by atoms with van der Waals surface area (Å²) >= 11 is 0. The molecule has 1 aromatic heterocycles. The number of benzene rings is 1. The number of ether oxygens (including phenoxy) is 2. The maximum Gasteiger partial charge on any atom is 0.251 e. The standard InChI is InChI=1S/C21H26N4O4/c1-14-22-20(29-24-14)15-6-10-25(11-7-15)13-19(26)23-16-4-5-17-18(12-16)28-21(27-17)8-2-3-9-21/h4-5,12,15H,2-3,6-11,13H2,1H3,(H,23,26). The minimum absolute atomic E-state index is 0.0217. The second kappa shape index (κ2) is 7.33. The zero-order valence-corrected chi connectivity index (χ0v) is 16.6. The van der Waals surface area contributed by atoms with E-state index in [-0.39, 0.29) is 11.8 Å². The van der Waals surface area contributed by atoms with Crippen molar-refractivity contribution in [3.05, 3.63) is 29.9 Å². The molecule has 1 aliphatic carbocycles. The Balaban J connectivity index is 1.13. The maximum absolute atomic E-state index is 12.5. The summed E-state index contributed by atoms with van der Waals surface area (Å²) in [6.07, 6.45) is 5.92. The highest BCUT2D eigenvalue weighted by atomic mass is 16.7. The van der Waals surface area contributed by atoms with Crippen LogP contribution < -0.4 is 14.8 Å². The topological polar surface area (TPSA) is 89.7 Å². The summed E-state index contributed by atoms with van der Waals surface area (Å²) in [5.41, 5.74) is 0.739. The predicted molar refractivity (Wildman–Crippen MR) is 105 cm³/mol. The number of carbonyl (C=O) groups is 1. The number of likely N-dealkylation sites (tertiary alicyclic amines) is 1. The fraction of sp³-hybridized carbons (Fsp3) is 0.571. The van der Waals surface area contributed by atoms with Gasteiger partial charge in [-0.1, -0.05) is 5.16 Å². The molecule has 1 spiro atoms. The number of rotatable bonds is 4. The quantitative estimate of drug-likeness (QED) is 0.845.